The molecule has 7 nitrogen and oxygen atoms in total. The molecule has 0 amide bonds. The maximum atomic E-state index is 13.6. The van der Waals surface area contributed by atoms with E-state index >= 15 is 0 Å². The molecule has 0 spiro atoms. The number of hydrogen-bond donors (Lipinski definition) is 3. The van der Waals surface area contributed by atoms with Gasteiger partial charge in [0.1, 0.15) is 35.5 Å². The van der Waals surface area contributed by atoms with Crippen LogP contribution >= 0.6 is 23.4 Å². The third-order valence-electron chi connectivity index (χ3n) is 5.51. The lowest BCUT2D eigenvalue weighted by Gasteiger charge is -2.41. The van der Waals surface area contributed by atoms with Crippen LogP contribution in [0.3, 0.4) is 0 Å². The van der Waals surface area contributed by atoms with Gasteiger partial charge in [-0.2, -0.15) is 0 Å². The number of aromatic nitrogens is 3. The quantitative estimate of drug-likeness (QED) is 0.416. The Bertz CT molecular complexity index is 1130. The van der Waals surface area contributed by atoms with Crippen molar-refractivity contribution in [2.24, 2.45) is 0 Å². The van der Waals surface area contributed by atoms with Crippen LogP contribution in [0.2, 0.25) is 5.02 Å². The van der Waals surface area contributed by atoms with E-state index in [2.05, 4.69) is 10.3 Å². The Morgan fingerprint density at radius 2 is 1.82 bits per heavy atom. The molecule has 1 aliphatic rings. The van der Waals surface area contributed by atoms with E-state index in [0.717, 1.165) is 22.4 Å². The van der Waals surface area contributed by atoms with Gasteiger partial charge in [0.05, 0.1) is 12.8 Å². The molecule has 2 aromatic carbocycles. The smallest absolute Gasteiger partial charge is 0.194 e. The lowest BCUT2D eigenvalue weighted by molar-refractivity contribution is -0.178. The third-order valence-corrected chi connectivity index (χ3v) is 6.90. The zero-order valence-electron chi connectivity index (χ0n) is 17.6. The second kappa shape index (κ2) is 10.6. The van der Waals surface area contributed by atoms with Crippen molar-refractivity contribution in [3.05, 3.63) is 70.6 Å². The lowest BCUT2D eigenvalue weighted by Crippen LogP contribution is -2.55. The van der Waals surface area contributed by atoms with Gasteiger partial charge in [-0.15, -0.1) is 16.9 Å². The van der Waals surface area contributed by atoms with E-state index in [1.54, 1.807) is 6.07 Å². The van der Waals surface area contributed by atoms with Crippen molar-refractivity contribution in [2.45, 2.75) is 36.2 Å². The number of aliphatic hydroxyl groups is 3. The molecule has 5 atom stereocenters. The molecule has 34 heavy (non-hydrogen) atoms. The van der Waals surface area contributed by atoms with Crippen molar-refractivity contribution in [3.63, 3.8) is 0 Å². The fraction of sp³-hybridized carbons (Fsp3) is 0.364. The van der Waals surface area contributed by atoms with Crippen LogP contribution in [-0.2, 0) is 11.2 Å². The predicted octanol–water partition coefficient (Wildman–Crippen LogP) is 2.97. The van der Waals surface area contributed by atoms with Crippen LogP contribution in [0.1, 0.15) is 11.6 Å². The molecule has 2 heterocycles. The number of aryl methyl sites for hydroxylation is 1. The van der Waals surface area contributed by atoms with E-state index in [1.807, 2.05) is 18.2 Å². The zero-order valence-corrected chi connectivity index (χ0v) is 19.1. The molecule has 1 aromatic heterocycles. The first-order valence-corrected chi connectivity index (χ1v) is 11.8. The van der Waals surface area contributed by atoms with E-state index in [4.69, 9.17) is 16.3 Å². The van der Waals surface area contributed by atoms with E-state index in [1.165, 1.54) is 18.0 Å². The highest BCUT2D eigenvalue weighted by Crippen LogP contribution is 2.35. The average molecular weight is 516 g/mol. The molecule has 3 N–H and O–H groups in total. The van der Waals surface area contributed by atoms with Crippen molar-refractivity contribution >= 4 is 23.4 Å². The summed E-state index contributed by atoms with van der Waals surface area (Å²) in [5, 5.41) is 39.6. The Morgan fingerprint density at radius 1 is 1.09 bits per heavy atom. The summed E-state index contributed by atoms with van der Waals surface area (Å²) >= 11 is 7.30. The summed E-state index contributed by atoms with van der Waals surface area (Å²) in [4.78, 5) is 0. The van der Waals surface area contributed by atoms with Gasteiger partial charge in [0, 0.05) is 10.6 Å². The molecule has 4 rings (SSSR count). The molecular weight excluding hydrogens is 495 g/mol. The molecule has 0 bridgehead atoms. The van der Waals surface area contributed by atoms with Crippen molar-refractivity contribution < 1.29 is 33.2 Å². The molecule has 3 aromatic rings. The van der Waals surface area contributed by atoms with E-state index in [9.17, 15) is 28.5 Å². The van der Waals surface area contributed by atoms with Crippen molar-refractivity contribution in [2.75, 3.05) is 12.4 Å². The minimum Gasteiger partial charge on any atom is -0.394 e. The molecule has 0 radical (unpaired) electrons. The van der Waals surface area contributed by atoms with Crippen molar-refractivity contribution in [1.29, 1.82) is 0 Å². The van der Waals surface area contributed by atoms with Crippen LogP contribution in [0, 0.1) is 17.5 Å². The SMILES string of the molecule is OCC1OC(SCCc2cccc(Cl)c2)C(O)C(n2cc(-c3cc(F)c(F)c(F)c3)nn2)C1O. The number of hydrogen-bond acceptors (Lipinski definition) is 7. The molecular formula is C22H21ClF3N3O4S. The third kappa shape index (κ3) is 5.24. The fourth-order valence-electron chi connectivity index (χ4n) is 3.76. The van der Waals surface area contributed by atoms with Gasteiger partial charge in [-0.3, -0.25) is 0 Å². The molecule has 1 aliphatic heterocycles. The van der Waals surface area contributed by atoms with Gasteiger partial charge in [0.2, 0.25) is 0 Å². The van der Waals surface area contributed by atoms with Gasteiger partial charge in [-0.05, 0) is 42.0 Å². The van der Waals surface area contributed by atoms with Gasteiger partial charge >= 0.3 is 0 Å². The number of rotatable bonds is 7. The van der Waals surface area contributed by atoms with Crippen LogP contribution in [0.4, 0.5) is 13.2 Å². The maximum Gasteiger partial charge on any atom is 0.194 e. The largest absolute Gasteiger partial charge is 0.394 e. The number of aliphatic hydroxyl groups excluding tert-OH is 3. The summed E-state index contributed by atoms with van der Waals surface area (Å²) < 4.78 is 47.4. The summed E-state index contributed by atoms with van der Waals surface area (Å²) in [6.07, 6.45) is -1.69. The Kier molecular flexibility index (Phi) is 7.80. The van der Waals surface area contributed by atoms with Crippen molar-refractivity contribution in [1.82, 2.24) is 15.0 Å². The van der Waals surface area contributed by atoms with Crippen molar-refractivity contribution in [3.8, 4) is 11.3 Å². The number of thioether (sulfide) groups is 1. The number of nitrogens with zero attached hydrogens (tertiary/aromatic N) is 3. The second-order valence-electron chi connectivity index (χ2n) is 7.79. The number of halogens is 4. The highest BCUT2D eigenvalue weighted by atomic mass is 35.5. The summed E-state index contributed by atoms with van der Waals surface area (Å²) in [5.74, 6) is -3.81. The van der Waals surface area contributed by atoms with E-state index in [-0.39, 0.29) is 11.3 Å². The molecule has 5 unspecified atom stereocenters. The predicted molar refractivity (Wildman–Crippen MR) is 120 cm³/mol. The molecule has 0 saturated carbocycles. The minimum absolute atomic E-state index is 0.00870. The van der Waals surface area contributed by atoms with Gasteiger partial charge in [-0.1, -0.05) is 28.9 Å². The molecule has 182 valence electrons. The van der Waals surface area contributed by atoms with Gasteiger partial charge < -0.3 is 20.1 Å². The summed E-state index contributed by atoms with van der Waals surface area (Å²) in [7, 11) is 0. The van der Waals surface area contributed by atoms with E-state index in [0.29, 0.717) is 17.2 Å². The normalized spacial score (nSPS) is 25.0. The van der Waals surface area contributed by atoms with Crippen LogP contribution in [0.5, 0.6) is 0 Å². The van der Waals surface area contributed by atoms with Gasteiger partial charge in [-0.25, -0.2) is 17.9 Å². The van der Waals surface area contributed by atoms with Gasteiger partial charge in [0.15, 0.2) is 17.5 Å². The second-order valence-corrected chi connectivity index (χ2v) is 9.43. The summed E-state index contributed by atoms with van der Waals surface area (Å²) in [6.45, 7) is -0.508. The van der Waals surface area contributed by atoms with Crippen LogP contribution in [0.15, 0.2) is 42.6 Å². The van der Waals surface area contributed by atoms with E-state index < -0.39 is 53.8 Å². The first-order chi connectivity index (χ1) is 16.3. The standard InChI is InChI=1S/C22H21ClF3N3O4S/c23-13-3-1-2-11(6-13)4-5-34-22-21(32)19(20(31)17(10-30)33-22)29-9-16(27-28-29)12-7-14(24)18(26)15(25)8-12/h1-3,6-9,17,19-22,30-32H,4-5,10H2. The van der Waals surface area contributed by atoms with Crippen LogP contribution < -0.4 is 0 Å². The molecule has 12 heteroatoms. The highest BCUT2D eigenvalue weighted by Gasteiger charge is 2.46. The van der Waals surface area contributed by atoms with Gasteiger partial charge in [0.25, 0.3) is 0 Å². The topological polar surface area (TPSA) is 101 Å². The lowest BCUT2D eigenvalue weighted by atomic mass is 9.97. The Labute approximate surface area is 202 Å². The fourth-order valence-corrected chi connectivity index (χ4v) is 5.14. The zero-order chi connectivity index (χ0) is 24.4. The first kappa shape index (κ1) is 25.0. The number of benzene rings is 2. The molecule has 1 fully saturated rings. The highest BCUT2D eigenvalue weighted by molar-refractivity contribution is 7.99. The minimum atomic E-state index is -1.60. The monoisotopic (exact) mass is 515 g/mol. The molecule has 1 saturated heterocycles. The average Bonchev–Trinajstić information content (AvgIpc) is 3.28. The van der Waals surface area contributed by atoms with Crippen LogP contribution in [-0.4, -0.2) is 66.4 Å². The summed E-state index contributed by atoms with van der Waals surface area (Å²) in [5.41, 5.74) is 0.137. The Morgan fingerprint density at radius 3 is 2.50 bits per heavy atom. The first-order valence-electron chi connectivity index (χ1n) is 10.3. The van der Waals surface area contributed by atoms with Crippen LogP contribution in [0.25, 0.3) is 11.3 Å². The maximum absolute atomic E-state index is 13.6. The Hall–Kier alpha value is -2.15. The summed E-state index contributed by atoms with van der Waals surface area (Å²) in [6, 6.07) is 7.84. The molecule has 0 aliphatic carbocycles. The Balaban J connectivity index is 1.52. The number of ether oxygens (including phenoxy) is 1.